The monoisotopic (exact) mass is 175 g/mol. The van der Waals surface area contributed by atoms with Crippen LogP contribution in [0.5, 0.6) is 0 Å². The van der Waals surface area contributed by atoms with Crippen LogP contribution in [0.25, 0.3) is 0 Å². The number of methoxy groups -OCH3 is 2. The Hall–Kier alpha value is -0.120. The van der Waals surface area contributed by atoms with E-state index in [9.17, 15) is 0 Å². The molecule has 0 amide bonds. The lowest BCUT2D eigenvalue weighted by Gasteiger charge is -2.16. The summed E-state index contributed by atoms with van der Waals surface area (Å²) < 4.78 is 10.0. The van der Waals surface area contributed by atoms with Crippen LogP contribution in [0.3, 0.4) is 0 Å². The van der Waals surface area contributed by atoms with Gasteiger partial charge in [-0.15, -0.1) is 0 Å². The van der Waals surface area contributed by atoms with Crippen molar-refractivity contribution in [2.75, 3.05) is 34.0 Å². The highest BCUT2D eigenvalue weighted by atomic mass is 16.5. The first-order valence-corrected chi connectivity index (χ1v) is 4.56. The molecule has 0 radical (unpaired) electrons. The summed E-state index contributed by atoms with van der Waals surface area (Å²) >= 11 is 0. The maximum Gasteiger partial charge on any atom is 0.0615 e. The van der Waals surface area contributed by atoms with Gasteiger partial charge in [0.1, 0.15) is 0 Å². The van der Waals surface area contributed by atoms with Gasteiger partial charge >= 0.3 is 0 Å². The van der Waals surface area contributed by atoms with E-state index in [4.69, 9.17) is 9.47 Å². The lowest BCUT2D eigenvalue weighted by molar-refractivity contribution is 0.149. The summed E-state index contributed by atoms with van der Waals surface area (Å²) in [6.07, 6.45) is 2.35. The molecule has 0 aromatic rings. The molecule has 3 nitrogen and oxygen atoms in total. The Morgan fingerprint density at radius 3 is 2.50 bits per heavy atom. The average molecular weight is 175 g/mol. The normalized spacial score (nSPS) is 13.2. The summed E-state index contributed by atoms with van der Waals surface area (Å²) in [5, 5.41) is 3.37. The minimum absolute atomic E-state index is 0.482. The van der Waals surface area contributed by atoms with Gasteiger partial charge in [-0.3, -0.25) is 0 Å². The second kappa shape index (κ2) is 8.97. The van der Waals surface area contributed by atoms with Crippen LogP contribution >= 0.6 is 0 Å². The first-order chi connectivity index (χ1) is 5.85. The summed E-state index contributed by atoms with van der Waals surface area (Å²) in [5.41, 5.74) is 0. The van der Waals surface area contributed by atoms with Crippen LogP contribution in [-0.4, -0.2) is 40.0 Å². The molecule has 0 saturated carbocycles. The second-order valence-corrected chi connectivity index (χ2v) is 2.89. The van der Waals surface area contributed by atoms with Gasteiger partial charge in [0.15, 0.2) is 0 Å². The van der Waals surface area contributed by atoms with Gasteiger partial charge in [0.25, 0.3) is 0 Å². The van der Waals surface area contributed by atoms with E-state index in [0.717, 1.165) is 26.2 Å². The molecule has 74 valence electrons. The average Bonchev–Trinajstić information content (AvgIpc) is 2.06. The molecule has 0 aliphatic rings. The zero-order chi connectivity index (χ0) is 9.23. The van der Waals surface area contributed by atoms with Gasteiger partial charge in [0, 0.05) is 26.8 Å². The highest BCUT2D eigenvalue weighted by Gasteiger charge is 2.04. The van der Waals surface area contributed by atoms with Crippen LogP contribution in [0.4, 0.5) is 0 Å². The van der Waals surface area contributed by atoms with Crippen molar-refractivity contribution < 1.29 is 9.47 Å². The van der Waals surface area contributed by atoms with E-state index in [1.165, 1.54) is 6.42 Å². The first kappa shape index (κ1) is 11.9. The summed E-state index contributed by atoms with van der Waals surface area (Å²) in [6.45, 7) is 4.65. The quantitative estimate of drug-likeness (QED) is 0.559. The number of hydrogen-bond donors (Lipinski definition) is 1. The SMILES string of the molecule is CCCC(COC)NCCOC. The Morgan fingerprint density at radius 1 is 1.25 bits per heavy atom. The van der Waals surface area contributed by atoms with E-state index < -0.39 is 0 Å². The topological polar surface area (TPSA) is 30.5 Å². The number of hydrogen-bond acceptors (Lipinski definition) is 3. The van der Waals surface area contributed by atoms with Gasteiger partial charge in [-0.2, -0.15) is 0 Å². The van der Waals surface area contributed by atoms with Gasteiger partial charge in [-0.25, -0.2) is 0 Å². The third kappa shape index (κ3) is 6.58. The summed E-state index contributed by atoms with van der Waals surface area (Å²) in [5.74, 6) is 0. The molecule has 0 aromatic carbocycles. The number of rotatable bonds is 8. The van der Waals surface area contributed by atoms with Crippen molar-refractivity contribution in [3.05, 3.63) is 0 Å². The molecule has 0 spiro atoms. The van der Waals surface area contributed by atoms with Crippen molar-refractivity contribution in [1.29, 1.82) is 0 Å². The fourth-order valence-corrected chi connectivity index (χ4v) is 1.16. The molecule has 12 heavy (non-hydrogen) atoms. The molecule has 0 bridgehead atoms. The molecule has 0 heterocycles. The van der Waals surface area contributed by atoms with Crippen molar-refractivity contribution in [2.24, 2.45) is 0 Å². The third-order valence-electron chi connectivity index (χ3n) is 1.74. The molecule has 0 aliphatic carbocycles. The molecule has 1 atom stereocenters. The predicted octanol–water partition coefficient (Wildman–Crippen LogP) is 1.04. The van der Waals surface area contributed by atoms with E-state index in [0.29, 0.717) is 6.04 Å². The standard InChI is InChI=1S/C9H21NO2/c1-4-5-9(8-12-3)10-6-7-11-2/h9-10H,4-8H2,1-3H3. The maximum absolute atomic E-state index is 5.08. The summed E-state index contributed by atoms with van der Waals surface area (Å²) in [6, 6.07) is 0.482. The van der Waals surface area contributed by atoms with E-state index in [1.54, 1.807) is 14.2 Å². The lowest BCUT2D eigenvalue weighted by atomic mass is 10.2. The van der Waals surface area contributed by atoms with Gasteiger partial charge in [-0.1, -0.05) is 13.3 Å². The Bertz CT molecular complexity index is 82.6. The molecule has 0 aliphatic heterocycles. The van der Waals surface area contributed by atoms with Crippen molar-refractivity contribution in [1.82, 2.24) is 5.32 Å². The van der Waals surface area contributed by atoms with E-state index in [2.05, 4.69) is 12.2 Å². The molecular formula is C9H21NO2. The van der Waals surface area contributed by atoms with E-state index in [-0.39, 0.29) is 0 Å². The van der Waals surface area contributed by atoms with Crippen molar-refractivity contribution >= 4 is 0 Å². The fraction of sp³-hybridized carbons (Fsp3) is 1.00. The third-order valence-corrected chi connectivity index (χ3v) is 1.74. The van der Waals surface area contributed by atoms with Gasteiger partial charge in [0.05, 0.1) is 13.2 Å². The van der Waals surface area contributed by atoms with Crippen LogP contribution in [0.2, 0.25) is 0 Å². The van der Waals surface area contributed by atoms with Gasteiger partial charge in [-0.05, 0) is 6.42 Å². The zero-order valence-electron chi connectivity index (χ0n) is 8.43. The molecule has 1 unspecified atom stereocenters. The van der Waals surface area contributed by atoms with Gasteiger partial charge < -0.3 is 14.8 Å². The Morgan fingerprint density at radius 2 is 2.00 bits per heavy atom. The minimum atomic E-state index is 0.482. The smallest absolute Gasteiger partial charge is 0.0615 e. The highest BCUT2D eigenvalue weighted by molar-refractivity contribution is 4.64. The summed E-state index contributed by atoms with van der Waals surface area (Å²) in [4.78, 5) is 0. The van der Waals surface area contributed by atoms with Crippen LogP contribution in [0, 0.1) is 0 Å². The van der Waals surface area contributed by atoms with Crippen LogP contribution in [-0.2, 0) is 9.47 Å². The molecule has 0 aromatic heterocycles. The lowest BCUT2D eigenvalue weighted by Crippen LogP contribution is -2.35. The number of ether oxygens (including phenoxy) is 2. The van der Waals surface area contributed by atoms with Crippen molar-refractivity contribution in [3.63, 3.8) is 0 Å². The Labute approximate surface area is 75.4 Å². The van der Waals surface area contributed by atoms with Crippen molar-refractivity contribution in [2.45, 2.75) is 25.8 Å². The molecule has 0 fully saturated rings. The predicted molar refractivity (Wildman–Crippen MR) is 50.5 cm³/mol. The second-order valence-electron chi connectivity index (χ2n) is 2.89. The number of nitrogens with one attached hydrogen (secondary N) is 1. The Kier molecular flexibility index (Phi) is 8.88. The van der Waals surface area contributed by atoms with E-state index >= 15 is 0 Å². The molecule has 3 heteroatoms. The molecule has 0 rings (SSSR count). The maximum atomic E-state index is 5.08. The largest absolute Gasteiger partial charge is 0.383 e. The van der Waals surface area contributed by atoms with Crippen LogP contribution < -0.4 is 5.32 Å². The van der Waals surface area contributed by atoms with Crippen LogP contribution in [0.15, 0.2) is 0 Å². The highest BCUT2D eigenvalue weighted by Crippen LogP contribution is 1.96. The van der Waals surface area contributed by atoms with Gasteiger partial charge in [0.2, 0.25) is 0 Å². The Balaban J connectivity index is 3.34. The molecular weight excluding hydrogens is 154 g/mol. The van der Waals surface area contributed by atoms with Crippen molar-refractivity contribution in [3.8, 4) is 0 Å². The van der Waals surface area contributed by atoms with Crippen LogP contribution in [0.1, 0.15) is 19.8 Å². The van der Waals surface area contributed by atoms with E-state index in [1.807, 2.05) is 0 Å². The molecule has 0 saturated heterocycles. The minimum Gasteiger partial charge on any atom is -0.383 e. The zero-order valence-corrected chi connectivity index (χ0v) is 8.43. The fourth-order valence-electron chi connectivity index (χ4n) is 1.16. The molecule has 1 N–H and O–H groups in total. The summed E-state index contributed by atoms with van der Waals surface area (Å²) in [7, 11) is 3.45. The first-order valence-electron chi connectivity index (χ1n) is 4.56.